The fraction of sp³-hybridized carbons (Fsp3) is 0.412. The van der Waals surface area contributed by atoms with Crippen LogP contribution in [0.25, 0.3) is 0 Å². The minimum atomic E-state index is -1.09. The Labute approximate surface area is 270 Å². The summed E-state index contributed by atoms with van der Waals surface area (Å²) in [6, 6.07) is 20.8. The number of halogens is 2. The highest BCUT2D eigenvalue weighted by Gasteiger charge is 2.64. The number of piperidine rings is 1. The summed E-state index contributed by atoms with van der Waals surface area (Å²) in [5.41, 5.74) is 6.73. The molecule has 2 aliphatic heterocycles. The van der Waals surface area contributed by atoms with Gasteiger partial charge in [0, 0.05) is 29.6 Å². The van der Waals surface area contributed by atoms with Crippen LogP contribution in [-0.4, -0.2) is 63.2 Å². The number of ether oxygens (including phenoxy) is 3. The standard InChI is InChI=1S/C34H40ClN3O5.ClH/c1-5-34(25-14-16-37-21-25)30(22-10-9-13-26(35)18-22)33(32(36)40,24-11-7-6-8-12-24)15-17-38(34)31(39)23-19-27(41-2)29(43-4)28(20-23)42-3;/h6-13,18-20,25,30,37H,5,14-17,21H2,1-4H3,(H2,36,40);1H. The third kappa shape index (κ3) is 5.37. The maximum absolute atomic E-state index is 14.8. The van der Waals surface area contributed by atoms with Crippen molar-refractivity contribution in [2.24, 2.45) is 11.7 Å². The summed E-state index contributed by atoms with van der Waals surface area (Å²) in [5.74, 6) is 0.181. The monoisotopic (exact) mass is 641 g/mol. The summed E-state index contributed by atoms with van der Waals surface area (Å²) in [7, 11) is 4.59. The van der Waals surface area contributed by atoms with Crippen LogP contribution in [0, 0.1) is 5.92 Å². The number of nitrogens with zero attached hydrogens (tertiary/aromatic N) is 1. The van der Waals surface area contributed by atoms with Crippen molar-refractivity contribution in [3.63, 3.8) is 0 Å². The van der Waals surface area contributed by atoms with Gasteiger partial charge in [-0.25, -0.2) is 0 Å². The largest absolute Gasteiger partial charge is 0.493 e. The van der Waals surface area contributed by atoms with E-state index in [1.165, 1.54) is 21.3 Å². The first-order valence-electron chi connectivity index (χ1n) is 14.7. The van der Waals surface area contributed by atoms with Gasteiger partial charge in [0.1, 0.15) is 0 Å². The Morgan fingerprint density at radius 1 is 1.00 bits per heavy atom. The van der Waals surface area contributed by atoms with Gasteiger partial charge < -0.3 is 30.2 Å². The predicted molar refractivity (Wildman–Crippen MR) is 175 cm³/mol. The Bertz CT molecular complexity index is 1460. The minimum Gasteiger partial charge on any atom is -0.493 e. The number of hydrogen-bond donors (Lipinski definition) is 2. The van der Waals surface area contributed by atoms with Crippen molar-refractivity contribution in [1.29, 1.82) is 0 Å². The molecule has 2 amide bonds. The lowest BCUT2D eigenvalue weighted by Gasteiger charge is -2.61. The second-order valence-electron chi connectivity index (χ2n) is 11.3. The molecule has 0 radical (unpaired) electrons. The summed E-state index contributed by atoms with van der Waals surface area (Å²) >= 11 is 6.62. The number of primary amides is 1. The lowest BCUT2D eigenvalue weighted by molar-refractivity contribution is -0.131. The molecule has 0 aromatic heterocycles. The van der Waals surface area contributed by atoms with E-state index < -0.39 is 22.8 Å². The maximum atomic E-state index is 14.8. The van der Waals surface area contributed by atoms with Crippen molar-refractivity contribution < 1.29 is 23.8 Å². The second kappa shape index (κ2) is 13.7. The van der Waals surface area contributed by atoms with E-state index >= 15 is 0 Å². The van der Waals surface area contributed by atoms with E-state index in [9.17, 15) is 9.59 Å². The molecule has 4 atom stereocenters. The Kier molecular flexibility index (Phi) is 10.4. The number of hydrogen-bond acceptors (Lipinski definition) is 6. The molecule has 0 bridgehead atoms. The summed E-state index contributed by atoms with van der Waals surface area (Å²) in [5, 5.41) is 4.08. The highest BCUT2D eigenvalue weighted by molar-refractivity contribution is 6.30. The van der Waals surface area contributed by atoms with Gasteiger partial charge >= 0.3 is 0 Å². The molecule has 5 rings (SSSR count). The van der Waals surface area contributed by atoms with E-state index in [1.807, 2.05) is 59.5 Å². The molecular formula is C34H41Cl2N3O5. The topological polar surface area (TPSA) is 103 Å². The molecule has 2 fully saturated rings. The molecule has 3 aromatic rings. The zero-order valence-corrected chi connectivity index (χ0v) is 27.2. The first-order valence-corrected chi connectivity index (χ1v) is 15.1. The van der Waals surface area contributed by atoms with Crippen molar-refractivity contribution >= 4 is 35.8 Å². The van der Waals surface area contributed by atoms with Gasteiger partial charge in [0.05, 0.1) is 32.3 Å². The van der Waals surface area contributed by atoms with E-state index in [1.54, 1.807) is 12.1 Å². The summed E-state index contributed by atoms with van der Waals surface area (Å²) in [4.78, 5) is 30.8. The summed E-state index contributed by atoms with van der Waals surface area (Å²) in [6.07, 6.45) is 1.78. The predicted octanol–water partition coefficient (Wildman–Crippen LogP) is 5.60. The maximum Gasteiger partial charge on any atom is 0.254 e. The van der Waals surface area contributed by atoms with Crippen LogP contribution in [0.4, 0.5) is 0 Å². The van der Waals surface area contributed by atoms with Gasteiger partial charge in [-0.3, -0.25) is 9.59 Å². The van der Waals surface area contributed by atoms with Gasteiger partial charge in [0.2, 0.25) is 11.7 Å². The smallest absolute Gasteiger partial charge is 0.254 e. The van der Waals surface area contributed by atoms with Crippen LogP contribution >= 0.6 is 24.0 Å². The fourth-order valence-corrected chi connectivity index (χ4v) is 8.01. The average molecular weight is 643 g/mol. The number of carbonyl (C=O) groups is 2. The van der Waals surface area contributed by atoms with Crippen molar-refractivity contribution in [3.8, 4) is 17.2 Å². The number of carbonyl (C=O) groups excluding carboxylic acids is 2. The zero-order valence-electron chi connectivity index (χ0n) is 25.6. The zero-order chi connectivity index (χ0) is 30.8. The first kappa shape index (κ1) is 33.4. The number of benzene rings is 3. The molecular weight excluding hydrogens is 601 g/mol. The molecule has 3 N–H and O–H groups in total. The van der Waals surface area contributed by atoms with E-state index in [0.29, 0.717) is 53.8 Å². The Morgan fingerprint density at radius 3 is 2.20 bits per heavy atom. The van der Waals surface area contributed by atoms with Crippen LogP contribution < -0.4 is 25.3 Å². The van der Waals surface area contributed by atoms with Gasteiger partial charge in [-0.2, -0.15) is 0 Å². The first-order chi connectivity index (χ1) is 20.8. The molecule has 0 spiro atoms. The van der Waals surface area contributed by atoms with Gasteiger partial charge in [0.15, 0.2) is 11.5 Å². The van der Waals surface area contributed by atoms with Crippen molar-refractivity contribution in [3.05, 3.63) is 88.4 Å². The summed E-state index contributed by atoms with van der Waals surface area (Å²) in [6.45, 7) is 3.95. The normalized spacial score (nSPS) is 24.7. The fourth-order valence-electron chi connectivity index (χ4n) is 7.81. The average Bonchev–Trinajstić information content (AvgIpc) is 3.58. The molecule has 0 saturated carbocycles. The van der Waals surface area contributed by atoms with Gasteiger partial charge in [-0.15, -0.1) is 12.4 Å². The minimum absolute atomic E-state index is 0. The number of amides is 2. The van der Waals surface area contributed by atoms with Crippen LogP contribution in [0.5, 0.6) is 17.2 Å². The highest BCUT2D eigenvalue weighted by atomic mass is 35.5. The van der Waals surface area contributed by atoms with E-state index in [4.69, 9.17) is 31.5 Å². The van der Waals surface area contributed by atoms with Crippen LogP contribution in [0.1, 0.15) is 53.6 Å². The van der Waals surface area contributed by atoms with Crippen molar-refractivity contribution in [2.75, 3.05) is 41.0 Å². The van der Waals surface area contributed by atoms with Crippen molar-refractivity contribution in [2.45, 2.75) is 43.1 Å². The van der Waals surface area contributed by atoms with Gasteiger partial charge in [0.25, 0.3) is 5.91 Å². The van der Waals surface area contributed by atoms with Crippen LogP contribution in [0.15, 0.2) is 66.7 Å². The second-order valence-corrected chi connectivity index (χ2v) is 11.8. The highest BCUT2D eigenvalue weighted by Crippen LogP contribution is 2.58. The quantitative estimate of drug-likeness (QED) is 0.315. The molecule has 2 heterocycles. The molecule has 8 nitrogen and oxygen atoms in total. The molecule has 236 valence electrons. The SMILES string of the molecule is CCC1(C2CCNC2)C(c2cccc(Cl)c2)C(C(N)=O)(c2ccccc2)CCN1C(=O)c1cc(OC)c(OC)c(OC)c1.Cl. The third-order valence-corrected chi connectivity index (χ3v) is 9.86. The van der Waals surface area contributed by atoms with E-state index in [-0.39, 0.29) is 24.2 Å². The molecule has 44 heavy (non-hydrogen) atoms. The van der Waals surface area contributed by atoms with E-state index in [0.717, 1.165) is 24.1 Å². The molecule has 0 aliphatic carbocycles. The van der Waals surface area contributed by atoms with Crippen molar-refractivity contribution in [1.82, 2.24) is 10.2 Å². The lowest BCUT2D eigenvalue weighted by atomic mass is 9.51. The van der Waals surface area contributed by atoms with Gasteiger partial charge in [-0.1, -0.05) is 61.0 Å². The Hall–Kier alpha value is -3.46. The number of nitrogens with one attached hydrogen (secondary N) is 1. The van der Waals surface area contributed by atoms with Crippen LogP contribution in [0.3, 0.4) is 0 Å². The number of rotatable bonds is 9. The molecule has 10 heteroatoms. The lowest BCUT2D eigenvalue weighted by Crippen LogP contribution is -2.70. The molecule has 2 aliphatic rings. The number of nitrogens with two attached hydrogens (primary N) is 1. The Balaban J connectivity index is 0.00000442. The Morgan fingerprint density at radius 2 is 1.68 bits per heavy atom. The molecule has 3 aromatic carbocycles. The van der Waals surface area contributed by atoms with Crippen LogP contribution in [0.2, 0.25) is 5.02 Å². The number of methoxy groups -OCH3 is 3. The molecule has 2 saturated heterocycles. The van der Waals surface area contributed by atoms with Gasteiger partial charge in [-0.05, 0) is 67.1 Å². The van der Waals surface area contributed by atoms with E-state index in [2.05, 4.69) is 12.2 Å². The van der Waals surface area contributed by atoms with Crippen LogP contribution in [-0.2, 0) is 10.2 Å². The third-order valence-electron chi connectivity index (χ3n) is 9.63. The molecule has 4 unspecified atom stereocenters. The number of likely N-dealkylation sites (tertiary alicyclic amines) is 1. The summed E-state index contributed by atoms with van der Waals surface area (Å²) < 4.78 is 16.7.